The Labute approximate surface area is 101 Å². The molecule has 4 nitrogen and oxygen atoms in total. The van der Waals surface area contributed by atoms with Crippen LogP contribution in [0.5, 0.6) is 5.75 Å². The second-order valence-corrected chi connectivity index (χ2v) is 4.52. The van der Waals surface area contributed by atoms with E-state index in [9.17, 15) is 9.90 Å². The maximum absolute atomic E-state index is 11.0. The van der Waals surface area contributed by atoms with Crippen molar-refractivity contribution in [2.24, 2.45) is 0 Å². The van der Waals surface area contributed by atoms with E-state index in [1.807, 2.05) is 12.1 Å². The Balaban J connectivity index is 1.82. The van der Waals surface area contributed by atoms with Crippen LogP contribution in [0.4, 0.5) is 0 Å². The van der Waals surface area contributed by atoms with Crippen LogP contribution in [0.25, 0.3) is 0 Å². The molecule has 1 aromatic carbocycles. The average molecular weight is 234 g/mol. The van der Waals surface area contributed by atoms with Gasteiger partial charge < -0.3 is 15.7 Å². The van der Waals surface area contributed by atoms with Gasteiger partial charge in [0.2, 0.25) is 5.91 Å². The summed E-state index contributed by atoms with van der Waals surface area (Å²) >= 11 is 0. The fourth-order valence-corrected chi connectivity index (χ4v) is 2.03. The van der Waals surface area contributed by atoms with Gasteiger partial charge in [-0.2, -0.15) is 0 Å². The average Bonchev–Trinajstić information content (AvgIpc) is 2.73. The Morgan fingerprint density at radius 2 is 2.18 bits per heavy atom. The van der Waals surface area contributed by atoms with Gasteiger partial charge in [0.15, 0.2) is 0 Å². The highest BCUT2D eigenvalue weighted by Gasteiger charge is 2.20. The number of rotatable bonds is 4. The highest BCUT2D eigenvalue weighted by Crippen LogP contribution is 2.16. The van der Waals surface area contributed by atoms with Crippen molar-refractivity contribution in [3.05, 3.63) is 29.8 Å². The molecule has 0 saturated carbocycles. The van der Waals surface area contributed by atoms with E-state index in [2.05, 4.69) is 17.6 Å². The third-order valence-electron chi connectivity index (χ3n) is 3.15. The molecule has 0 aliphatic carbocycles. The number of phenols is 1. The fourth-order valence-electron chi connectivity index (χ4n) is 2.03. The molecule has 0 spiro atoms. The van der Waals surface area contributed by atoms with Crippen molar-refractivity contribution in [1.82, 2.24) is 10.6 Å². The van der Waals surface area contributed by atoms with E-state index < -0.39 is 0 Å². The third-order valence-corrected chi connectivity index (χ3v) is 3.15. The third kappa shape index (κ3) is 3.20. The summed E-state index contributed by atoms with van der Waals surface area (Å²) in [5.41, 5.74) is 1.13. The quantitative estimate of drug-likeness (QED) is 0.736. The van der Waals surface area contributed by atoms with Crippen LogP contribution in [0.3, 0.4) is 0 Å². The van der Waals surface area contributed by atoms with Crippen molar-refractivity contribution in [3.8, 4) is 5.75 Å². The number of hydrogen-bond donors (Lipinski definition) is 3. The molecule has 1 fully saturated rings. The molecule has 92 valence electrons. The molecular weight excluding hydrogens is 216 g/mol. The zero-order chi connectivity index (χ0) is 12.3. The Hall–Kier alpha value is -1.55. The van der Waals surface area contributed by atoms with Crippen LogP contribution in [0.1, 0.15) is 31.4 Å². The molecule has 2 atom stereocenters. The van der Waals surface area contributed by atoms with Crippen molar-refractivity contribution >= 4 is 5.91 Å². The Morgan fingerprint density at radius 1 is 1.47 bits per heavy atom. The van der Waals surface area contributed by atoms with Crippen LogP contribution in [-0.2, 0) is 4.79 Å². The van der Waals surface area contributed by atoms with Gasteiger partial charge in [-0.3, -0.25) is 4.79 Å². The van der Waals surface area contributed by atoms with E-state index in [1.54, 1.807) is 12.1 Å². The van der Waals surface area contributed by atoms with E-state index in [-0.39, 0.29) is 23.7 Å². The fraction of sp³-hybridized carbons (Fsp3) is 0.462. The number of amides is 1. The van der Waals surface area contributed by atoms with E-state index >= 15 is 0 Å². The van der Waals surface area contributed by atoms with Crippen molar-refractivity contribution in [2.75, 3.05) is 6.54 Å². The van der Waals surface area contributed by atoms with Crippen LogP contribution in [0.2, 0.25) is 0 Å². The van der Waals surface area contributed by atoms with Crippen LogP contribution >= 0.6 is 0 Å². The summed E-state index contributed by atoms with van der Waals surface area (Å²) in [5, 5.41) is 15.5. The predicted molar refractivity (Wildman–Crippen MR) is 65.7 cm³/mol. The molecular formula is C13H18N2O2. The number of phenolic OH excluding ortho intramolecular Hbond substituents is 1. The predicted octanol–water partition coefficient (Wildman–Crippen LogP) is 1.32. The van der Waals surface area contributed by atoms with Gasteiger partial charge in [-0.25, -0.2) is 0 Å². The topological polar surface area (TPSA) is 61.4 Å². The SMILES string of the molecule is CC(NCC1CCC(=O)N1)c1ccc(O)cc1. The number of nitrogens with one attached hydrogen (secondary N) is 2. The largest absolute Gasteiger partial charge is 0.508 e. The van der Waals surface area contributed by atoms with Crippen LogP contribution in [0.15, 0.2) is 24.3 Å². The first-order valence-electron chi connectivity index (χ1n) is 5.97. The Bertz CT molecular complexity index is 389. The lowest BCUT2D eigenvalue weighted by Gasteiger charge is -2.17. The molecule has 1 saturated heterocycles. The minimum Gasteiger partial charge on any atom is -0.508 e. The molecule has 17 heavy (non-hydrogen) atoms. The normalized spacial score (nSPS) is 21.2. The van der Waals surface area contributed by atoms with Crippen molar-refractivity contribution in [3.63, 3.8) is 0 Å². The van der Waals surface area contributed by atoms with Gasteiger partial charge in [-0.05, 0) is 31.0 Å². The molecule has 4 heteroatoms. The molecule has 1 aliphatic rings. The van der Waals surface area contributed by atoms with Crippen molar-refractivity contribution in [1.29, 1.82) is 0 Å². The van der Waals surface area contributed by atoms with Crippen LogP contribution in [0, 0.1) is 0 Å². The van der Waals surface area contributed by atoms with E-state index in [4.69, 9.17) is 0 Å². The smallest absolute Gasteiger partial charge is 0.220 e. The summed E-state index contributed by atoms with van der Waals surface area (Å²) in [6, 6.07) is 7.64. The van der Waals surface area contributed by atoms with Gasteiger partial charge in [0.25, 0.3) is 0 Å². The maximum atomic E-state index is 11.0. The second kappa shape index (κ2) is 5.19. The first-order chi connectivity index (χ1) is 8.15. The molecule has 1 aliphatic heterocycles. The summed E-state index contributed by atoms with van der Waals surface area (Å²) in [4.78, 5) is 11.0. The number of aromatic hydroxyl groups is 1. The molecule has 1 aromatic rings. The molecule has 1 amide bonds. The lowest BCUT2D eigenvalue weighted by molar-refractivity contribution is -0.119. The zero-order valence-corrected chi connectivity index (χ0v) is 9.94. The molecule has 2 unspecified atom stereocenters. The van der Waals surface area contributed by atoms with Gasteiger partial charge in [0.05, 0.1) is 0 Å². The summed E-state index contributed by atoms with van der Waals surface area (Å²) in [7, 11) is 0. The highest BCUT2D eigenvalue weighted by molar-refractivity contribution is 5.78. The van der Waals surface area contributed by atoms with Gasteiger partial charge in [0.1, 0.15) is 5.75 Å². The Kier molecular flexibility index (Phi) is 3.64. The zero-order valence-electron chi connectivity index (χ0n) is 9.94. The number of carbonyl (C=O) groups is 1. The summed E-state index contributed by atoms with van der Waals surface area (Å²) in [6.45, 7) is 2.86. The summed E-state index contributed by atoms with van der Waals surface area (Å²) in [5.74, 6) is 0.429. The van der Waals surface area contributed by atoms with Crippen molar-refractivity contribution < 1.29 is 9.90 Å². The summed E-state index contributed by atoms with van der Waals surface area (Å²) in [6.07, 6.45) is 1.55. The van der Waals surface area contributed by atoms with Crippen molar-refractivity contribution in [2.45, 2.75) is 31.8 Å². The van der Waals surface area contributed by atoms with Gasteiger partial charge >= 0.3 is 0 Å². The van der Waals surface area contributed by atoms with Gasteiger partial charge in [-0.1, -0.05) is 12.1 Å². The maximum Gasteiger partial charge on any atom is 0.220 e. The Morgan fingerprint density at radius 3 is 2.76 bits per heavy atom. The molecule has 1 heterocycles. The van der Waals surface area contributed by atoms with Crippen LogP contribution in [-0.4, -0.2) is 23.6 Å². The number of benzene rings is 1. The minimum absolute atomic E-state index is 0.147. The number of hydrogen-bond acceptors (Lipinski definition) is 3. The number of carbonyl (C=O) groups excluding carboxylic acids is 1. The molecule has 3 N–H and O–H groups in total. The highest BCUT2D eigenvalue weighted by atomic mass is 16.3. The molecule has 0 bridgehead atoms. The van der Waals surface area contributed by atoms with Crippen LogP contribution < -0.4 is 10.6 Å². The van der Waals surface area contributed by atoms with E-state index in [1.165, 1.54) is 0 Å². The monoisotopic (exact) mass is 234 g/mol. The van der Waals surface area contributed by atoms with Gasteiger partial charge in [-0.15, -0.1) is 0 Å². The first kappa shape index (κ1) is 11.9. The lowest BCUT2D eigenvalue weighted by Crippen LogP contribution is -2.36. The first-order valence-corrected chi connectivity index (χ1v) is 5.97. The second-order valence-electron chi connectivity index (χ2n) is 4.52. The van der Waals surface area contributed by atoms with E-state index in [0.29, 0.717) is 6.42 Å². The van der Waals surface area contributed by atoms with E-state index in [0.717, 1.165) is 18.5 Å². The summed E-state index contributed by atoms with van der Waals surface area (Å²) < 4.78 is 0. The molecule has 2 rings (SSSR count). The van der Waals surface area contributed by atoms with Gasteiger partial charge in [0, 0.05) is 25.0 Å². The lowest BCUT2D eigenvalue weighted by atomic mass is 10.1. The minimum atomic E-state index is 0.147. The standard InChI is InChI=1S/C13H18N2O2/c1-9(10-2-5-12(16)6-3-10)14-8-11-4-7-13(17)15-11/h2-3,5-6,9,11,14,16H,4,7-8H2,1H3,(H,15,17). The molecule has 0 radical (unpaired) electrons. The molecule has 0 aromatic heterocycles.